The number of aliphatic imine (C=N–C) groups is 2. The van der Waals surface area contributed by atoms with Gasteiger partial charge in [-0.05, 0) is 76.1 Å². The van der Waals surface area contributed by atoms with Crippen LogP contribution < -0.4 is 31.7 Å². The van der Waals surface area contributed by atoms with Gasteiger partial charge in [0.15, 0.2) is 0 Å². The van der Waals surface area contributed by atoms with Gasteiger partial charge in [0.2, 0.25) is 11.9 Å². The van der Waals surface area contributed by atoms with Crippen LogP contribution in [0.4, 0.5) is 20.1 Å². The molecule has 1 heterocycles. The molecule has 0 aromatic heterocycles. The Morgan fingerprint density at radius 1 is 1.12 bits per heavy atom. The average molecular weight is 650 g/mol. The number of benzene rings is 2. The van der Waals surface area contributed by atoms with Gasteiger partial charge in [-0.25, -0.2) is 9.79 Å². The third-order valence-electron chi connectivity index (χ3n) is 5.44. The fourth-order valence-corrected chi connectivity index (χ4v) is 4.17. The first kappa shape index (κ1) is 34.5. The summed E-state index contributed by atoms with van der Waals surface area (Å²) in [6.07, 6.45) is 1.28. The number of hydrogen-bond acceptors (Lipinski definition) is 11. The molecule has 0 bridgehead atoms. The van der Waals surface area contributed by atoms with E-state index >= 15 is 0 Å². The van der Waals surface area contributed by atoms with E-state index in [4.69, 9.17) is 32.4 Å². The summed E-state index contributed by atoms with van der Waals surface area (Å²) in [4.78, 5) is 21.5. The molecule has 18 heteroatoms. The monoisotopic (exact) mass is 649 g/mol. The summed E-state index contributed by atoms with van der Waals surface area (Å²) in [7, 11) is -8.44. The minimum absolute atomic E-state index is 0.108. The molecule has 3 rings (SSSR count). The van der Waals surface area contributed by atoms with Crippen LogP contribution in [0.5, 0.6) is 5.75 Å². The average Bonchev–Trinajstić information content (AvgIpc) is 2.85. The third-order valence-corrected chi connectivity index (χ3v) is 7.30. The number of halogens is 2. The standard InChI is InChI=1S/C22H27ClFN7O4S.C2H6O3S/c1-22(2)30-19(25)29-20(26)31(22)15-7-10-18(17(23)13-15)35-12-4-3-11-27-21(32)28-14-5-8-16(9-6-14)36(24,33)34;1-2-6(3,4)5/h5-10,13H,3-4,11-12H2,1-2H3,(H2,27,28,32)(H4,25,26,29,30);2H2,1H3,(H,3,4,5). The summed E-state index contributed by atoms with van der Waals surface area (Å²) in [5, 5.41) is 5.60. The van der Waals surface area contributed by atoms with Crippen LogP contribution in [0.25, 0.3) is 0 Å². The second-order valence-corrected chi connectivity index (χ2v) is 12.6. The number of anilines is 2. The number of hydrogen-bond donors (Lipinski definition) is 5. The van der Waals surface area contributed by atoms with Crippen molar-refractivity contribution in [2.45, 2.75) is 44.2 Å². The second kappa shape index (κ2) is 14.5. The lowest BCUT2D eigenvalue weighted by atomic mass is 10.1. The van der Waals surface area contributed by atoms with E-state index in [1.54, 1.807) is 23.1 Å². The molecule has 0 saturated carbocycles. The van der Waals surface area contributed by atoms with E-state index in [-0.39, 0.29) is 17.7 Å². The normalized spacial score (nSPS) is 14.6. The number of urea groups is 1. The lowest BCUT2D eigenvalue weighted by molar-refractivity contribution is 0.251. The fraction of sp³-hybridized carbons (Fsp3) is 0.375. The highest BCUT2D eigenvalue weighted by atomic mass is 35.5. The molecule has 0 spiro atoms. The van der Waals surface area contributed by atoms with Crippen LogP contribution in [0.2, 0.25) is 5.02 Å². The van der Waals surface area contributed by atoms with Crippen LogP contribution in [0.1, 0.15) is 33.6 Å². The lowest BCUT2D eigenvalue weighted by Gasteiger charge is -2.38. The molecule has 0 fully saturated rings. The number of nitrogens with zero attached hydrogens (tertiary/aromatic N) is 3. The second-order valence-electron chi connectivity index (χ2n) is 9.15. The zero-order valence-electron chi connectivity index (χ0n) is 23.0. The Morgan fingerprint density at radius 2 is 1.74 bits per heavy atom. The number of rotatable bonds is 10. The summed E-state index contributed by atoms with van der Waals surface area (Å²) in [5.41, 5.74) is 12.0. The SMILES string of the molecule is CC1(C)N=C(N)N=C(N)N1c1ccc(OCCCCNC(=O)Nc2ccc(S(=O)(=O)F)cc2)c(Cl)c1.CCS(=O)(=O)O. The van der Waals surface area contributed by atoms with Crippen LogP contribution in [-0.2, 0) is 20.3 Å². The number of nitrogens with two attached hydrogens (primary N) is 2. The van der Waals surface area contributed by atoms with E-state index in [1.807, 2.05) is 13.8 Å². The maximum Gasteiger partial charge on any atom is 0.332 e. The van der Waals surface area contributed by atoms with Gasteiger partial charge in [-0.1, -0.05) is 11.6 Å². The Bertz CT molecular complexity index is 1530. The van der Waals surface area contributed by atoms with E-state index in [9.17, 15) is 25.5 Å². The first-order chi connectivity index (χ1) is 19.4. The molecule has 0 aliphatic carbocycles. The number of unbranched alkanes of at least 4 members (excludes halogenated alkanes) is 1. The van der Waals surface area contributed by atoms with Crippen molar-refractivity contribution in [1.29, 1.82) is 0 Å². The van der Waals surface area contributed by atoms with Gasteiger partial charge in [0, 0.05) is 17.9 Å². The molecule has 1 aliphatic rings. The zero-order valence-corrected chi connectivity index (χ0v) is 25.4. The summed E-state index contributed by atoms with van der Waals surface area (Å²) < 4.78 is 67.2. The molecule has 2 aromatic carbocycles. The Kier molecular flexibility index (Phi) is 11.9. The van der Waals surface area contributed by atoms with Crippen LogP contribution in [0.3, 0.4) is 0 Å². The van der Waals surface area contributed by atoms with Gasteiger partial charge in [-0.3, -0.25) is 9.45 Å². The largest absolute Gasteiger partial charge is 0.492 e. The van der Waals surface area contributed by atoms with Crippen molar-refractivity contribution in [3.8, 4) is 5.75 Å². The van der Waals surface area contributed by atoms with Gasteiger partial charge in [0.25, 0.3) is 10.1 Å². The number of nitrogens with one attached hydrogen (secondary N) is 2. The molecule has 42 heavy (non-hydrogen) atoms. The van der Waals surface area contributed by atoms with Gasteiger partial charge in [0.1, 0.15) is 11.4 Å². The quantitative estimate of drug-likeness (QED) is 0.144. The highest BCUT2D eigenvalue weighted by Crippen LogP contribution is 2.34. The summed E-state index contributed by atoms with van der Waals surface area (Å²) in [6.45, 7) is 5.83. The van der Waals surface area contributed by atoms with Crippen molar-refractivity contribution in [3.63, 3.8) is 0 Å². The minimum atomic E-state index is -4.78. The molecule has 0 radical (unpaired) electrons. The van der Waals surface area contributed by atoms with Crippen molar-refractivity contribution in [1.82, 2.24) is 5.32 Å². The molecular formula is C24H33ClFN7O7S2. The van der Waals surface area contributed by atoms with Crippen molar-refractivity contribution in [2.24, 2.45) is 21.5 Å². The minimum Gasteiger partial charge on any atom is -0.492 e. The number of ether oxygens (including phenoxy) is 1. The van der Waals surface area contributed by atoms with Gasteiger partial charge >= 0.3 is 16.3 Å². The van der Waals surface area contributed by atoms with Gasteiger partial charge in [-0.2, -0.15) is 21.8 Å². The first-order valence-corrected chi connectivity index (χ1v) is 15.8. The van der Waals surface area contributed by atoms with E-state index in [0.29, 0.717) is 48.1 Å². The molecule has 1 aliphatic heterocycles. The Morgan fingerprint density at radius 3 is 2.26 bits per heavy atom. The van der Waals surface area contributed by atoms with Gasteiger partial charge < -0.3 is 26.8 Å². The smallest absolute Gasteiger partial charge is 0.332 e. The summed E-state index contributed by atoms with van der Waals surface area (Å²) >= 11 is 6.40. The van der Waals surface area contributed by atoms with E-state index in [1.165, 1.54) is 19.1 Å². The van der Waals surface area contributed by atoms with Crippen LogP contribution >= 0.6 is 11.6 Å². The molecule has 7 N–H and O–H groups in total. The predicted molar refractivity (Wildman–Crippen MR) is 160 cm³/mol. The summed E-state index contributed by atoms with van der Waals surface area (Å²) in [6, 6.07) is 9.49. The molecule has 2 aromatic rings. The molecule has 14 nitrogen and oxygen atoms in total. The van der Waals surface area contributed by atoms with Crippen molar-refractivity contribution in [2.75, 3.05) is 29.1 Å². The van der Waals surface area contributed by atoms with E-state index in [0.717, 1.165) is 12.1 Å². The molecule has 232 valence electrons. The Balaban J connectivity index is 0.000000928. The molecule has 0 atom stereocenters. The Hall–Kier alpha value is -3.67. The van der Waals surface area contributed by atoms with Gasteiger partial charge in [0.05, 0.1) is 22.3 Å². The number of carbonyl (C=O) groups is 1. The lowest BCUT2D eigenvalue weighted by Crippen LogP contribution is -2.54. The number of amides is 2. The number of guanidine groups is 2. The first-order valence-electron chi connectivity index (χ1n) is 12.4. The van der Waals surface area contributed by atoms with Crippen LogP contribution in [0.15, 0.2) is 57.3 Å². The molecular weight excluding hydrogens is 617 g/mol. The third kappa shape index (κ3) is 11.0. The Labute approximate surface area is 248 Å². The van der Waals surface area contributed by atoms with Gasteiger partial charge in [-0.15, -0.1) is 3.89 Å². The van der Waals surface area contributed by atoms with Crippen LogP contribution in [0, 0.1) is 0 Å². The topological polar surface area (TPSA) is 219 Å². The van der Waals surface area contributed by atoms with Crippen LogP contribution in [-0.4, -0.2) is 63.9 Å². The molecule has 2 amide bonds. The zero-order chi connectivity index (χ0) is 31.7. The predicted octanol–water partition coefficient (Wildman–Crippen LogP) is 3.06. The highest BCUT2D eigenvalue weighted by molar-refractivity contribution is 7.86. The highest BCUT2D eigenvalue weighted by Gasteiger charge is 2.33. The fourth-order valence-electron chi connectivity index (χ4n) is 3.48. The molecule has 0 unspecified atom stereocenters. The summed E-state index contributed by atoms with van der Waals surface area (Å²) in [5.74, 6) is 0.612. The van der Waals surface area contributed by atoms with Crippen molar-refractivity contribution >= 4 is 61.3 Å². The maximum atomic E-state index is 12.9. The van der Waals surface area contributed by atoms with Crippen molar-refractivity contribution in [3.05, 3.63) is 47.5 Å². The number of carbonyl (C=O) groups excluding carboxylic acids is 1. The van der Waals surface area contributed by atoms with Crippen molar-refractivity contribution < 1.29 is 34.8 Å². The molecule has 0 saturated heterocycles. The maximum absolute atomic E-state index is 12.9. The van der Waals surface area contributed by atoms with E-state index in [2.05, 4.69) is 20.6 Å². The van der Waals surface area contributed by atoms with E-state index < -0.39 is 36.9 Å².